The molecule has 1 spiro atoms. The fourth-order valence-electron chi connectivity index (χ4n) is 5.91. The third-order valence-corrected chi connectivity index (χ3v) is 8.01. The Labute approximate surface area is 261 Å². The number of anilines is 2. The third kappa shape index (κ3) is 6.82. The first-order valence-corrected chi connectivity index (χ1v) is 14.3. The highest BCUT2D eigenvalue weighted by atomic mass is 19.4. The lowest BCUT2D eigenvalue weighted by molar-refractivity contribution is -0.148. The van der Waals surface area contributed by atoms with Crippen molar-refractivity contribution in [3.05, 3.63) is 95.1 Å². The molecule has 0 radical (unpaired) electrons. The minimum Gasteiger partial charge on any atom is -0.445 e. The molecule has 4 N–H and O–H groups in total. The molecule has 3 aromatic carbocycles. The molecule has 2 aliphatic heterocycles. The molecule has 4 amide bonds. The van der Waals surface area contributed by atoms with Crippen molar-refractivity contribution in [2.45, 2.75) is 31.4 Å². The minimum atomic E-state index is -4.85. The molecule has 2 unspecified atom stereocenters. The summed E-state index contributed by atoms with van der Waals surface area (Å²) in [5.74, 6) is -3.36. The zero-order chi connectivity index (χ0) is 33.1. The van der Waals surface area contributed by atoms with Gasteiger partial charge in [0.15, 0.2) is 0 Å². The van der Waals surface area contributed by atoms with Crippen LogP contribution in [0.15, 0.2) is 72.8 Å². The maximum absolute atomic E-state index is 13.8. The second-order valence-electron chi connectivity index (χ2n) is 11.2. The molecule has 242 valence electrons. The van der Waals surface area contributed by atoms with E-state index < -0.39 is 54.4 Å². The molecule has 3 aromatic rings. The van der Waals surface area contributed by atoms with Gasteiger partial charge in [0.1, 0.15) is 25.1 Å². The van der Waals surface area contributed by atoms with E-state index in [0.29, 0.717) is 27.9 Å². The number of fused-ring (bicyclic) bond motifs is 2. The molecule has 2 heterocycles. The molecule has 2 atom stereocenters. The normalized spacial score (nSPS) is 18.7. The SMILES string of the molecule is O=C(Nc1cc(CO)cc(CO)c1)C1CN(C(=O)CN(CC(F)(F)F)C(=O)OCc2ccccc2)CC12C(=O)Nc1ccccc12. The van der Waals surface area contributed by atoms with Crippen LogP contribution in [-0.2, 0) is 44.4 Å². The first kappa shape index (κ1) is 32.4. The number of nitrogens with zero attached hydrogens (tertiary/aromatic N) is 2. The lowest BCUT2D eigenvalue weighted by atomic mass is 9.73. The van der Waals surface area contributed by atoms with E-state index in [-0.39, 0.29) is 43.5 Å². The number of nitrogens with one attached hydrogen (secondary N) is 2. The van der Waals surface area contributed by atoms with Crippen LogP contribution in [0.4, 0.5) is 29.3 Å². The Balaban J connectivity index is 1.41. The molecular weight excluding hydrogens is 609 g/mol. The van der Waals surface area contributed by atoms with Crippen molar-refractivity contribution >= 4 is 35.2 Å². The van der Waals surface area contributed by atoms with Gasteiger partial charge < -0.3 is 30.5 Å². The van der Waals surface area contributed by atoms with Crippen molar-refractivity contribution in [3.8, 4) is 0 Å². The Morgan fingerprint density at radius 1 is 0.978 bits per heavy atom. The van der Waals surface area contributed by atoms with Crippen molar-refractivity contribution in [1.82, 2.24) is 9.80 Å². The smallest absolute Gasteiger partial charge is 0.410 e. The van der Waals surface area contributed by atoms with Gasteiger partial charge in [-0.2, -0.15) is 13.2 Å². The molecule has 0 saturated carbocycles. The van der Waals surface area contributed by atoms with Crippen molar-refractivity contribution in [2.24, 2.45) is 5.92 Å². The van der Waals surface area contributed by atoms with Gasteiger partial charge in [0.2, 0.25) is 17.7 Å². The van der Waals surface area contributed by atoms with Gasteiger partial charge in [-0.25, -0.2) is 4.79 Å². The second kappa shape index (κ2) is 13.2. The number of ether oxygens (including phenoxy) is 1. The van der Waals surface area contributed by atoms with Crippen LogP contribution in [0.2, 0.25) is 0 Å². The van der Waals surface area contributed by atoms with E-state index in [9.17, 15) is 42.6 Å². The molecule has 11 nitrogen and oxygen atoms in total. The lowest BCUT2D eigenvalue weighted by Gasteiger charge is -2.28. The fourth-order valence-corrected chi connectivity index (χ4v) is 5.91. The van der Waals surface area contributed by atoms with Gasteiger partial charge in [-0.3, -0.25) is 19.3 Å². The van der Waals surface area contributed by atoms with Crippen LogP contribution in [0.25, 0.3) is 0 Å². The first-order chi connectivity index (χ1) is 21.9. The highest BCUT2D eigenvalue weighted by Crippen LogP contribution is 2.48. The number of alkyl halides is 3. The van der Waals surface area contributed by atoms with Gasteiger partial charge in [-0.05, 0) is 40.5 Å². The summed E-state index contributed by atoms with van der Waals surface area (Å²) >= 11 is 0. The van der Waals surface area contributed by atoms with E-state index in [1.165, 1.54) is 12.1 Å². The monoisotopic (exact) mass is 640 g/mol. The zero-order valence-electron chi connectivity index (χ0n) is 24.4. The Bertz CT molecular complexity index is 1610. The predicted octanol–water partition coefficient (Wildman–Crippen LogP) is 3.16. The molecule has 0 bridgehead atoms. The van der Waals surface area contributed by atoms with E-state index in [4.69, 9.17) is 4.74 Å². The van der Waals surface area contributed by atoms with Crippen LogP contribution in [-0.4, -0.2) is 76.2 Å². The average molecular weight is 641 g/mol. The quantitative estimate of drug-likeness (QED) is 0.281. The Morgan fingerprint density at radius 3 is 2.28 bits per heavy atom. The standard InChI is InChI=1S/C32H31F3N4O7/c33-32(34,35)19-39(30(45)46-17-20-6-2-1-3-7-20)14-27(42)38-13-25(28(43)36-23-11-21(15-40)10-22(12-23)16-41)31(18-38)24-8-4-5-9-26(24)37-29(31)44/h1-12,25,40-41H,13-19H2,(H,36,43)(H,37,44). The summed E-state index contributed by atoms with van der Waals surface area (Å²) in [7, 11) is 0. The Hall–Kier alpha value is -4.95. The van der Waals surface area contributed by atoms with Crippen LogP contribution in [0.1, 0.15) is 22.3 Å². The van der Waals surface area contributed by atoms with Crippen LogP contribution in [0.3, 0.4) is 0 Å². The highest BCUT2D eigenvalue weighted by Gasteiger charge is 2.60. The van der Waals surface area contributed by atoms with Crippen LogP contribution in [0.5, 0.6) is 0 Å². The topological polar surface area (TPSA) is 149 Å². The van der Waals surface area contributed by atoms with Gasteiger partial charge in [-0.15, -0.1) is 0 Å². The zero-order valence-corrected chi connectivity index (χ0v) is 24.4. The number of hydrogen-bond acceptors (Lipinski definition) is 7. The molecule has 5 rings (SSSR count). The van der Waals surface area contributed by atoms with Crippen LogP contribution >= 0.6 is 0 Å². The maximum atomic E-state index is 13.8. The van der Waals surface area contributed by atoms with E-state index in [1.807, 2.05) is 0 Å². The summed E-state index contributed by atoms with van der Waals surface area (Å²) in [5, 5.41) is 24.7. The van der Waals surface area contributed by atoms with Gasteiger partial charge in [-0.1, -0.05) is 54.6 Å². The summed E-state index contributed by atoms with van der Waals surface area (Å²) in [6.07, 6.45) is -6.20. The number of rotatable bonds is 9. The van der Waals surface area contributed by atoms with Crippen LogP contribution in [0, 0.1) is 5.92 Å². The van der Waals surface area contributed by atoms with E-state index >= 15 is 0 Å². The number of amides is 4. The maximum Gasteiger partial charge on any atom is 0.410 e. The number of halogens is 3. The number of hydrogen-bond donors (Lipinski definition) is 4. The van der Waals surface area contributed by atoms with Crippen molar-refractivity contribution < 1.29 is 47.3 Å². The number of benzene rings is 3. The lowest BCUT2D eigenvalue weighted by Crippen LogP contribution is -2.48. The van der Waals surface area contributed by atoms with Crippen molar-refractivity contribution in [2.75, 3.05) is 36.8 Å². The average Bonchev–Trinajstić information content (AvgIpc) is 3.57. The van der Waals surface area contributed by atoms with Crippen molar-refractivity contribution in [1.29, 1.82) is 0 Å². The minimum absolute atomic E-state index is 0.227. The molecule has 46 heavy (non-hydrogen) atoms. The fraction of sp³-hybridized carbons (Fsp3) is 0.312. The highest BCUT2D eigenvalue weighted by molar-refractivity contribution is 6.11. The summed E-state index contributed by atoms with van der Waals surface area (Å²) < 4.78 is 45.5. The first-order valence-electron chi connectivity index (χ1n) is 14.3. The van der Waals surface area contributed by atoms with Gasteiger partial charge in [0, 0.05) is 24.5 Å². The molecular formula is C32H31F3N4O7. The van der Waals surface area contributed by atoms with Crippen molar-refractivity contribution in [3.63, 3.8) is 0 Å². The van der Waals surface area contributed by atoms with Gasteiger partial charge >= 0.3 is 12.3 Å². The number of carbonyl (C=O) groups excluding carboxylic acids is 4. The predicted molar refractivity (Wildman–Crippen MR) is 158 cm³/mol. The summed E-state index contributed by atoms with van der Waals surface area (Å²) in [6.45, 7) is -4.52. The number of aliphatic hydroxyl groups excluding tert-OH is 2. The third-order valence-electron chi connectivity index (χ3n) is 8.01. The molecule has 2 aliphatic rings. The molecule has 0 aliphatic carbocycles. The van der Waals surface area contributed by atoms with Gasteiger partial charge in [0.05, 0.1) is 19.1 Å². The second-order valence-corrected chi connectivity index (χ2v) is 11.2. The Kier molecular flexibility index (Phi) is 9.30. The van der Waals surface area contributed by atoms with Crippen LogP contribution < -0.4 is 10.6 Å². The van der Waals surface area contributed by atoms with Gasteiger partial charge in [0.25, 0.3) is 0 Å². The van der Waals surface area contributed by atoms with E-state index in [0.717, 1.165) is 4.90 Å². The molecule has 1 fully saturated rings. The number of aliphatic hydroxyl groups is 2. The number of likely N-dealkylation sites (tertiary alicyclic amines) is 1. The summed E-state index contributed by atoms with van der Waals surface area (Å²) in [4.78, 5) is 55.1. The Morgan fingerprint density at radius 2 is 1.63 bits per heavy atom. The van der Waals surface area contributed by atoms with E-state index in [1.54, 1.807) is 60.7 Å². The summed E-state index contributed by atoms with van der Waals surface area (Å²) in [6, 6.07) is 19.4. The molecule has 0 aromatic heterocycles. The summed E-state index contributed by atoms with van der Waals surface area (Å²) in [5.41, 5.74) is 0.849. The van der Waals surface area contributed by atoms with E-state index in [2.05, 4.69) is 10.6 Å². The number of carbonyl (C=O) groups is 4. The molecule has 14 heteroatoms. The largest absolute Gasteiger partial charge is 0.445 e. The number of para-hydroxylation sites is 1. The molecule has 1 saturated heterocycles.